The highest BCUT2D eigenvalue weighted by Crippen LogP contribution is 2.22. The molecule has 0 radical (unpaired) electrons. The van der Waals surface area contributed by atoms with Crippen molar-refractivity contribution in [2.75, 3.05) is 5.32 Å². The molecule has 0 aliphatic carbocycles. The quantitative estimate of drug-likeness (QED) is 0.783. The van der Waals surface area contributed by atoms with Crippen molar-refractivity contribution in [2.45, 2.75) is 19.4 Å². The Bertz CT molecular complexity index is 689. The second-order valence-corrected chi connectivity index (χ2v) is 5.77. The molecule has 4 nitrogen and oxygen atoms in total. The summed E-state index contributed by atoms with van der Waals surface area (Å²) < 4.78 is 13.7. The highest BCUT2D eigenvalue weighted by atomic mass is 35.5. The van der Waals surface area contributed by atoms with Gasteiger partial charge in [-0.05, 0) is 43.2 Å². The summed E-state index contributed by atoms with van der Waals surface area (Å²) in [6.45, 7) is 1.50. The molecule has 6 heteroatoms. The van der Waals surface area contributed by atoms with Gasteiger partial charge in [0.25, 0.3) is 0 Å². The van der Waals surface area contributed by atoms with Gasteiger partial charge in [0.05, 0.1) is 17.7 Å². The summed E-state index contributed by atoms with van der Waals surface area (Å²) >= 11 is 5.82. The van der Waals surface area contributed by atoms with E-state index >= 15 is 0 Å². The molecule has 2 rings (SSSR count). The van der Waals surface area contributed by atoms with Gasteiger partial charge in [-0.25, -0.2) is 4.39 Å². The lowest BCUT2D eigenvalue weighted by Crippen LogP contribution is -2.33. The number of carbonyl (C=O) groups excluding carboxylic acids is 1. The fourth-order valence-electron chi connectivity index (χ4n) is 2.19. The normalized spacial score (nSPS) is 13.4. The third-order valence-electron chi connectivity index (χ3n) is 3.50. The van der Waals surface area contributed by atoms with Gasteiger partial charge in [0.1, 0.15) is 11.6 Å². The van der Waals surface area contributed by atoms with Crippen LogP contribution in [-0.2, 0) is 11.2 Å². The van der Waals surface area contributed by atoms with E-state index in [9.17, 15) is 19.4 Å². The number of carbonyl (C=O) groups is 1. The molecular formula is C17H17ClFNO3. The fraction of sp³-hybridized carbons (Fsp3) is 0.235. The van der Waals surface area contributed by atoms with E-state index in [1.807, 2.05) is 0 Å². The van der Waals surface area contributed by atoms with E-state index in [-0.39, 0.29) is 17.9 Å². The lowest BCUT2D eigenvalue weighted by Gasteiger charge is -2.20. The van der Waals surface area contributed by atoms with Gasteiger partial charge in [0.15, 0.2) is 0 Å². The van der Waals surface area contributed by atoms with E-state index in [0.717, 1.165) is 17.7 Å². The van der Waals surface area contributed by atoms with Gasteiger partial charge in [-0.15, -0.1) is 0 Å². The second-order valence-electron chi connectivity index (χ2n) is 5.33. The van der Waals surface area contributed by atoms with Crippen molar-refractivity contribution in [2.24, 2.45) is 5.92 Å². The molecule has 0 bridgehead atoms. The lowest BCUT2D eigenvalue weighted by molar-refractivity contribution is -0.122. The summed E-state index contributed by atoms with van der Waals surface area (Å²) in [5.74, 6) is -2.11. The number of nitrogens with one attached hydrogen (secondary N) is 1. The molecule has 0 aliphatic rings. The average Bonchev–Trinajstić information content (AvgIpc) is 2.50. The Morgan fingerprint density at radius 2 is 1.91 bits per heavy atom. The molecule has 0 aliphatic heterocycles. The zero-order chi connectivity index (χ0) is 17.0. The predicted octanol–water partition coefficient (Wildman–Crippen LogP) is 3.36. The summed E-state index contributed by atoms with van der Waals surface area (Å²) in [6, 6.07) is 10.3. The molecule has 2 atom stereocenters. The fourth-order valence-corrected chi connectivity index (χ4v) is 2.32. The van der Waals surface area contributed by atoms with Crippen molar-refractivity contribution in [3.63, 3.8) is 0 Å². The summed E-state index contributed by atoms with van der Waals surface area (Å²) in [6.07, 6.45) is -0.646. The van der Waals surface area contributed by atoms with E-state index in [4.69, 9.17) is 11.6 Å². The van der Waals surface area contributed by atoms with Crippen LogP contribution >= 0.6 is 11.6 Å². The number of benzene rings is 2. The van der Waals surface area contributed by atoms with Gasteiger partial charge in [0.2, 0.25) is 5.91 Å². The first-order valence-corrected chi connectivity index (χ1v) is 7.46. The number of aromatic hydroxyl groups is 1. The van der Waals surface area contributed by atoms with Crippen LogP contribution in [-0.4, -0.2) is 22.2 Å². The molecule has 23 heavy (non-hydrogen) atoms. The summed E-state index contributed by atoms with van der Waals surface area (Å²) in [5.41, 5.74) is 0.698. The lowest BCUT2D eigenvalue weighted by atomic mass is 9.94. The zero-order valence-corrected chi connectivity index (χ0v) is 13.2. The molecule has 2 aromatic rings. The van der Waals surface area contributed by atoms with Gasteiger partial charge in [-0.2, -0.15) is 0 Å². The van der Waals surface area contributed by atoms with Crippen molar-refractivity contribution in [3.8, 4) is 5.75 Å². The van der Waals surface area contributed by atoms with Crippen molar-refractivity contribution >= 4 is 23.2 Å². The SMILES string of the molecule is CC(O)C(Cc1ccc(Cl)cc1)C(=O)Nc1cc(O)ccc1F. The maximum Gasteiger partial charge on any atom is 0.230 e. The van der Waals surface area contributed by atoms with E-state index < -0.39 is 23.7 Å². The van der Waals surface area contributed by atoms with Crippen molar-refractivity contribution in [1.82, 2.24) is 0 Å². The number of phenols is 1. The highest BCUT2D eigenvalue weighted by molar-refractivity contribution is 6.30. The Morgan fingerprint density at radius 3 is 2.52 bits per heavy atom. The number of hydrogen-bond acceptors (Lipinski definition) is 3. The standard InChI is InChI=1S/C17H17ClFNO3/c1-10(21)14(8-11-2-4-12(18)5-3-11)17(23)20-16-9-13(22)6-7-15(16)19/h2-7,9-10,14,21-22H,8H2,1H3,(H,20,23). The molecule has 0 spiro atoms. The number of amides is 1. The Balaban J connectivity index is 2.15. The van der Waals surface area contributed by atoms with Crippen LogP contribution in [0.5, 0.6) is 5.75 Å². The minimum absolute atomic E-state index is 0.128. The van der Waals surface area contributed by atoms with E-state index in [1.54, 1.807) is 24.3 Å². The summed E-state index contributed by atoms with van der Waals surface area (Å²) in [4.78, 5) is 12.3. The van der Waals surface area contributed by atoms with Gasteiger partial charge >= 0.3 is 0 Å². The first kappa shape index (κ1) is 17.2. The summed E-state index contributed by atoms with van der Waals surface area (Å²) in [7, 11) is 0. The zero-order valence-electron chi connectivity index (χ0n) is 12.5. The van der Waals surface area contributed by atoms with E-state index in [0.29, 0.717) is 5.02 Å². The largest absolute Gasteiger partial charge is 0.508 e. The average molecular weight is 338 g/mol. The Hall–Kier alpha value is -2.11. The molecular weight excluding hydrogens is 321 g/mol. The molecule has 0 heterocycles. The summed E-state index contributed by atoms with van der Waals surface area (Å²) in [5, 5.41) is 22.2. The number of aliphatic hydroxyl groups excluding tert-OH is 1. The molecule has 0 aromatic heterocycles. The predicted molar refractivity (Wildman–Crippen MR) is 87.0 cm³/mol. The monoisotopic (exact) mass is 337 g/mol. The molecule has 0 fully saturated rings. The van der Waals surface area contributed by atoms with Crippen LogP contribution in [0.3, 0.4) is 0 Å². The van der Waals surface area contributed by atoms with Crippen LogP contribution in [0.1, 0.15) is 12.5 Å². The van der Waals surface area contributed by atoms with Gasteiger partial charge < -0.3 is 15.5 Å². The third-order valence-corrected chi connectivity index (χ3v) is 3.75. The Kier molecular flexibility index (Phi) is 5.58. The minimum atomic E-state index is -0.925. The number of aliphatic hydroxyl groups is 1. The number of halogens is 2. The molecule has 1 amide bonds. The molecule has 0 saturated carbocycles. The third kappa shape index (κ3) is 4.68. The number of hydrogen-bond donors (Lipinski definition) is 3. The first-order valence-electron chi connectivity index (χ1n) is 7.08. The van der Waals surface area contributed by atoms with Crippen molar-refractivity contribution < 1.29 is 19.4 Å². The molecule has 2 unspecified atom stereocenters. The number of anilines is 1. The maximum atomic E-state index is 13.7. The number of phenolic OH excluding ortho intramolecular Hbond substituents is 1. The molecule has 2 aromatic carbocycles. The first-order chi connectivity index (χ1) is 10.9. The van der Waals surface area contributed by atoms with Crippen LogP contribution in [0, 0.1) is 11.7 Å². The Morgan fingerprint density at radius 1 is 1.26 bits per heavy atom. The van der Waals surface area contributed by atoms with Crippen LogP contribution < -0.4 is 5.32 Å². The smallest absolute Gasteiger partial charge is 0.230 e. The molecule has 122 valence electrons. The van der Waals surface area contributed by atoms with Gasteiger partial charge in [-0.1, -0.05) is 23.7 Å². The van der Waals surface area contributed by atoms with Gasteiger partial charge in [0, 0.05) is 11.1 Å². The molecule has 0 saturated heterocycles. The maximum absolute atomic E-state index is 13.7. The Labute approximate surface area is 138 Å². The van der Waals surface area contributed by atoms with Crippen LogP contribution in [0.15, 0.2) is 42.5 Å². The van der Waals surface area contributed by atoms with Gasteiger partial charge in [-0.3, -0.25) is 4.79 Å². The van der Waals surface area contributed by atoms with Crippen molar-refractivity contribution in [1.29, 1.82) is 0 Å². The van der Waals surface area contributed by atoms with Crippen LogP contribution in [0.2, 0.25) is 5.02 Å². The van der Waals surface area contributed by atoms with E-state index in [2.05, 4.69) is 5.32 Å². The molecule has 3 N–H and O–H groups in total. The van der Waals surface area contributed by atoms with E-state index in [1.165, 1.54) is 13.0 Å². The van der Waals surface area contributed by atoms with Crippen LogP contribution in [0.25, 0.3) is 0 Å². The number of rotatable bonds is 5. The van der Waals surface area contributed by atoms with Crippen LogP contribution in [0.4, 0.5) is 10.1 Å². The topological polar surface area (TPSA) is 69.6 Å². The van der Waals surface area contributed by atoms with Crippen molar-refractivity contribution in [3.05, 3.63) is 58.9 Å². The minimum Gasteiger partial charge on any atom is -0.508 e. The second kappa shape index (κ2) is 7.44. The highest BCUT2D eigenvalue weighted by Gasteiger charge is 2.25.